The second-order valence-corrected chi connectivity index (χ2v) is 4.62. The normalized spacial score (nSPS) is 16.1. The minimum Gasteiger partial charge on any atom is -0.398 e. The highest BCUT2D eigenvalue weighted by Gasteiger charge is 2.26. The second kappa shape index (κ2) is 5.21. The van der Waals surface area contributed by atoms with Gasteiger partial charge in [0.25, 0.3) is 5.91 Å². The maximum atomic E-state index is 12.4. The van der Waals surface area contributed by atoms with Gasteiger partial charge in [-0.25, -0.2) is 0 Å². The van der Waals surface area contributed by atoms with Crippen molar-refractivity contribution in [3.05, 3.63) is 29.8 Å². The lowest BCUT2D eigenvalue weighted by Crippen LogP contribution is -2.38. The predicted molar refractivity (Wildman–Crippen MR) is 69.8 cm³/mol. The third-order valence-corrected chi connectivity index (χ3v) is 3.56. The van der Waals surface area contributed by atoms with Crippen LogP contribution in [0.3, 0.4) is 0 Å². The van der Waals surface area contributed by atoms with Crippen LogP contribution in [-0.4, -0.2) is 23.4 Å². The van der Waals surface area contributed by atoms with Crippen molar-refractivity contribution in [2.45, 2.75) is 38.6 Å². The standard InChI is InChI=1S/C14H20N2O/c1-2-16(11-7-3-4-8-11)14(17)12-9-5-6-10-13(12)15/h5-6,9-11H,2-4,7-8,15H2,1H3. The first-order valence-corrected chi connectivity index (χ1v) is 6.39. The Kier molecular flexibility index (Phi) is 3.67. The molecule has 1 fully saturated rings. The molecule has 17 heavy (non-hydrogen) atoms. The summed E-state index contributed by atoms with van der Waals surface area (Å²) in [6.07, 6.45) is 4.73. The summed E-state index contributed by atoms with van der Waals surface area (Å²) >= 11 is 0. The molecule has 0 radical (unpaired) electrons. The van der Waals surface area contributed by atoms with E-state index in [4.69, 9.17) is 5.73 Å². The van der Waals surface area contributed by atoms with Crippen LogP contribution in [0.15, 0.2) is 24.3 Å². The molecule has 1 aliphatic carbocycles. The highest BCUT2D eigenvalue weighted by molar-refractivity contribution is 5.99. The van der Waals surface area contributed by atoms with Crippen LogP contribution in [0.25, 0.3) is 0 Å². The topological polar surface area (TPSA) is 46.3 Å². The molecule has 0 aliphatic heterocycles. The molecule has 92 valence electrons. The lowest BCUT2D eigenvalue weighted by Gasteiger charge is -2.28. The van der Waals surface area contributed by atoms with Gasteiger partial charge in [-0.05, 0) is 31.9 Å². The third-order valence-electron chi connectivity index (χ3n) is 3.56. The van der Waals surface area contributed by atoms with E-state index in [1.54, 1.807) is 6.07 Å². The van der Waals surface area contributed by atoms with Crippen LogP contribution in [0, 0.1) is 0 Å². The Morgan fingerprint density at radius 1 is 1.35 bits per heavy atom. The number of hydrogen-bond donors (Lipinski definition) is 1. The Hall–Kier alpha value is -1.51. The third kappa shape index (κ3) is 2.43. The number of nitrogens with two attached hydrogens (primary N) is 1. The molecule has 2 rings (SSSR count). The van der Waals surface area contributed by atoms with Crippen molar-refractivity contribution in [2.24, 2.45) is 0 Å². The van der Waals surface area contributed by atoms with Crippen LogP contribution in [0.1, 0.15) is 43.0 Å². The number of benzene rings is 1. The van der Waals surface area contributed by atoms with Gasteiger partial charge < -0.3 is 10.6 Å². The van der Waals surface area contributed by atoms with Crippen LogP contribution in [-0.2, 0) is 0 Å². The molecule has 1 aliphatic rings. The fraction of sp³-hybridized carbons (Fsp3) is 0.500. The molecule has 0 bridgehead atoms. The summed E-state index contributed by atoms with van der Waals surface area (Å²) in [7, 11) is 0. The molecule has 3 heteroatoms. The highest BCUT2D eigenvalue weighted by Crippen LogP contribution is 2.25. The van der Waals surface area contributed by atoms with Crippen LogP contribution >= 0.6 is 0 Å². The molecule has 2 N–H and O–H groups in total. The van der Waals surface area contributed by atoms with Gasteiger partial charge in [0.05, 0.1) is 5.56 Å². The van der Waals surface area contributed by atoms with E-state index in [0.29, 0.717) is 17.3 Å². The van der Waals surface area contributed by atoms with Gasteiger partial charge in [-0.3, -0.25) is 4.79 Å². The largest absolute Gasteiger partial charge is 0.398 e. The molecular weight excluding hydrogens is 212 g/mol. The van der Waals surface area contributed by atoms with E-state index in [-0.39, 0.29) is 5.91 Å². The van der Waals surface area contributed by atoms with Gasteiger partial charge in [0.1, 0.15) is 0 Å². The molecule has 3 nitrogen and oxygen atoms in total. The minimum absolute atomic E-state index is 0.0810. The smallest absolute Gasteiger partial charge is 0.256 e. The molecule has 1 aromatic rings. The quantitative estimate of drug-likeness (QED) is 0.814. The molecule has 0 atom stereocenters. The molecule has 0 heterocycles. The number of nitrogens with zero attached hydrogens (tertiary/aromatic N) is 1. The average molecular weight is 232 g/mol. The minimum atomic E-state index is 0.0810. The zero-order valence-electron chi connectivity index (χ0n) is 10.4. The summed E-state index contributed by atoms with van der Waals surface area (Å²) in [6, 6.07) is 7.74. The van der Waals surface area contributed by atoms with Gasteiger partial charge in [0, 0.05) is 18.3 Å². The molecule has 0 spiro atoms. The van der Waals surface area contributed by atoms with E-state index >= 15 is 0 Å². The van der Waals surface area contributed by atoms with Gasteiger partial charge in [-0.2, -0.15) is 0 Å². The SMILES string of the molecule is CCN(C(=O)c1ccccc1N)C1CCCC1. The summed E-state index contributed by atoms with van der Waals surface area (Å²) in [6.45, 7) is 2.80. The summed E-state index contributed by atoms with van der Waals surface area (Å²) in [5, 5.41) is 0. The summed E-state index contributed by atoms with van der Waals surface area (Å²) in [5.74, 6) is 0.0810. The number of anilines is 1. The van der Waals surface area contributed by atoms with E-state index in [1.807, 2.05) is 30.0 Å². The van der Waals surface area contributed by atoms with Gasteiger partial charge in [0.2, 0.25) is 0 Å². The van der Waals surface area contributed by atoms with Gasteiger partial charge in [0.15, 0.2) is 0 Å². The van der Waals surface area contributed by atoms with Gasteiger partial charge in [-0.15, -0.1) is 0 Å². The molecule has 1 saturated carbocycles. The molecular formula is C14H20N2O. The Bertz CT molecular complexity index is 397. The van der Waals surface area contributed by atoms with E-state index in [0.717, 1.165) is 19.4 Å². The predicted octanol–water partition coefficient (Wildman–Crippen LogP) is 2.67. The van der Waals surface area contributed by atoms with Crippen molar-refractivity contribution in [1.82, 2.24) is 4.90 Å². The maximum Gasteiger partial charge on any atom is 0.256 e. The van der Waals surface area contributed by atoms with Crippen LogP contribution < -0.4 is 5.73 Å². The fourth-order valence-electron chi connectivity index (χ4n) is 2.63. The van der Waals surface area contributed by atoms with Crippen molar-refractivity contribution < 1.29 is 4.79 Å². The first-order valence-electron chi connectivity index (χ1n) is 6.39. The first kappa shape index (κ1) is 12.0. The maximum absolute atomic E-state index is 12.4. The zero-order valence-corrected chi connectivity index (χ0v) is 10.4. The summed E-state index contributed by atoms with van der Waals surface area (Å²) in [4.78, 5) is 14.4. The number of para-hydroxylation sites is 1. The lowest BCUT2D eigenvalue weighted by atomic mass is 10.1. The monoisotopic (exact) mass is 232 g/mol. The first-order chi connectivity index (χ1) is 8.24. The molecule has 0 saturated heterocycles. The Labute approximate surface area is 103 Å². The van der Waals surface area contributed by atoms with Crippen molar-refractivity contribution in [3.63, 3.8) is 0 Å². The second-order valence-electron chi connectivity index (χ2n) is 4.62. The van der Waals surface area contributed by atoms with E-state index < -0.39 is 0 Å². The van der Waals surface area contributed by atoms with E-state index in [9.17, 15) is 4.79 Å². The Morgan fingerprint density at radius 2 is 2.00 bits per heavy atom. The summed E-state index contributed by atoms with van der Waals surface area (Å²) in [5.41, 5.74) is 7.08. The Morgan fingerprint density at radius 3 is 2.59 bits per heavy atom. The number of rotatable bonds is 3. The van der Waals surface area contributed by atoms with E-state index in [2.05, 4.69) is 0 Å². The molecule has 0 aromatic heterocycles. The van der Waals surface area contributed by atoms with Gasteiger partial charge in [-0.1, -0.05) is 25.0 Å². The van der Waals surface area contributed by atoms with E-state index in [1.165, 1.54) is 12.8 Å². The average Bonchev–Trinajstić information content (AvgIpc) is 2.84. The van der Waals surface area contributed by atoms with Crippen LogP contribution in [0.4, 0.5) is 5.69 Å². The number of carbonyl (C=O) groups excluding carboxylic acids is 1. The zero-order chi connectivity index (χ0) is 12.3. The fourth-order valence-corrected chi connectivity index (χ4v) is 2.63. The number of hydrogen-bond acceptors (Lipinski definition) is 2. The van der Waals surface area contributed by atoms with Crippen LogP contribution in [0.5, 0.6) is 0 Å². The number of carbonyl (C=O) groups is 1. The number of nitrogen functional groups attached to an aromatic ring is 1. The van der Waals surface area contributed by atoms with Crippen molar-refractivity contribution in [3.8, 4) is 0 Å². The van der Waals surface area contributed by atoms with Gasteiger partial charge >= 0.3 is 0 Å². The molecule has 1 aromatic carbocycles. The molecule has 0 unspecified atom stereocenters. The van der Waals surface area contributed by atoms with Crippen molar-refractivity contribution >= 4 is 11.6 Å². The highest BCUT2D eigenvalue weighted by atomic mass is 16.2. The lowest BCUT2D eigenvalue weighted by molar-refractivity contribution is 0.0694. The van der Waals surface area contributed by atoms with Crippen molar-refractivity contribution in [1.29, 1.82) is 0 Å². The molecule has 1 amide bonds. The Balaban J connectivity index is 2.20. The number of amides is 1. The van der Waals surface area contributed by atoms with Crippen molar-refractivity contribution in [2.75, 3.05) is 12.3 Å². The summed E-state index contributed by atoms with van der Waals surface area (Å²) < 4.78 is 0. The van der Waals surface area contributed by atoms with Crippen LogP contribution in [0.2, 0.25) is 0 Å².